The Labute approximate surface area is 195 Å². The van der Waals surface area contributed by atoms with Gasteiger partial charge in [-0.05, 0) is 41.8 Å². The number of hydrogen-bond acceptors (Lipinski definition) is 2. The van der Waals surface area contributed by atoms with E-state index in [9.17, 15) is 22.4 Å². The van der Waals surface area contributed by atoms with E-state index in [1.165, 1.54) is 11.9 Å². The van der Waals surface area contributed by atoms with Crippen LogP contribution >= 0.6 is 24.0 Å². The van der Waals surface area contributed by atoms with Crippen molar-refractivity contribution in [1.82, 2.24) is 15.5 Å². The summed E-state index contributed by atoms with van der Waals surface area (Å²) < 4.78 is 52.5. The lowest BCUT2D eigenvalue weighted by molar-refractivity contribution is -0.138. The summed E-state index contributed by atoms with van der Waals surface area (Å²) in [7, 11) is 4.86. The van der Waals surface area contributed by atoms with Crippen molar-refractivity contribution in [3.63, 3.8) is 0 Å². The number of rotatable bonds is 6. The molecule has 0 radical (unpaired) electrons. The molecule has 170 valence electrons. The Morgan fingerprint density at radius 1 is 1.10 bits per heavy atom. The average molecular weight is 552 g/mol. The van der Waals surface area contributed by atoms with Crippen LogP contribution in [-0.4, -0.2) is 44.5 Å². The minimum Gasteiger partial charge on any atom is -0.356 e. The van der Waals surface area contributed by atoms with Gasteiger partial charge in [0.15, 0.2) is 5.96 Å². The fourth-order valence-electron chi connectivity index (χ4n) is 2.81. The van der Waals surface area contributed by atoms with Crippen molar-refractivity contribution >= 4 is 35.8 Å². The summed E-state index contributed by atoms with van der Waals surface area (Å²) in [6.45, 7) is 0.288. The fraction of sp³-hybridized carbons (Fsp3) is 0.333. The second-order valence-corrected chi connectivity index (χ2v) is 6.80. The molecule has 0 atom stereocenters. The summed E-state index contributed by atoms with van der Waals surface area (Å²) in [5.74, 6) is -0.724. The van der Waals surface area contributed by atoms with Crippen LogP contribution in [0.15, 0.2) is 47.5 Å². The third kappa shape index (κ3) is 8.00. The minimum absolute atomic E-state index is 0. The number of amides is 1. The SMILES string of the molecule is CN=C(NCCc1cccc(C(=O)N(C)C)c1)NCc1ccc(F)cc1C(F)(F)F.I. The third-order valence-corrected chi connectivity index (χ3v) is 4.33. The zero-order valence-electron chi connectivity index (χ0n) is 17.4. The molecule has 0 heterocycles. The number of guanidine groups is 1. The molecule has 2 N–H and O–H groups in total. The number of halogens is 5. The number of alkyl halides is 3. The first-order valence-electron chi connectivity index (χ1n) is 9.22. The van der Waals surface area contributed by atoms with E-state index < -0.39 is 17.6 Å². The minimum atomic E-state index is -4.65. The van der Waals surface area contributed by atoms with Crippen molar-refractivity contribution in [2.24, 2.45) is 4.99 Å². The Kier molecular flexibility index (Phi) is 10.2. The molecular formula is C21H25F4IN4O. The molecule has 0 aliphatic rings. The monoisotopic (exact) mass is 552 g/mol. The summed E-state index contributed by atoms with van der Waals surface area (Å²) in [6, 6.07) is 9.80. The summed E-state index contributed by atoms with van der Waals surface area (Å²) in [5, 5.41) is 5.82. The standard InChI is InChI=1S/C21H24F4N4O.HI/c1-26-20(28-13-16-7-8-17(22)12-18(16)21(23,24)25)27-10-9-14-5-4-6-15(11-14)19(30)29(2)3;/h4-8,11-12H,9-10,13H2,1-3H3,(H2,26,27,28);1H. The first kappa shape index (κ1) is 26.7. The average Bonchev–Trinajstić information content (AvgIpc) is 2.70. The molecule has 2 rings (SSSR count). The summed E-state index contributed by atoms with van der Waals surface area (Å²) in [4.78, 5) is 17.5. The first-order valence-corrected chi connectivity index (χ1v) is 9.22. The lowest BCUT2D eigenvalue weighted by Crippen LogP contribution is -2.38. The van der Waals surface area contributed by atoms with Gasteiger partial charge in [-0.3, -0.25) is 9.79 Å². The second kappa shape index (κ2) is 11.9. The van der Waals surface area contributed by atoms with E-state index >= 15 is 0 Å². The number of hydrogen-bond donors (Lipinski definition) is 2. The van der Waals surface area contributed by atoms with Crippen LogP contribution in [0.2, 0.25) is 0 Å². The van der Waals surface area contributed by atoms with Crippen molar-refractivity contribution < 1.29 is 22.4 Å². The molecule has 0 fully saturated rings. The smallest absolute Gasteiger partial charge is 0.356 e. The predicted octanol–water partition coefficient (Wildman–Crippen LogP) is 4.07. The number of benzene rings is 2. The van der Waals surface area contributed by atoms with Crippen LogP contribution in [0.4, 0.5) is 17.6 Å². The Bertz CT molecular complexity index is 916. The van der Waals surface area contributed by atoms with Crippen molar-refractivity contribution in [2.45, 2.75) is 19.1 Å². The zero-order valence-corrected chi connectivity index (χ0v) is 19.7. The predicted molar refractivity (Wildman–Crippen MR) is 123 cm³/mol. The number of carbonyl (C=O) groups is 1. The van der Waals surface area contributed by atoms with Gasteiger partial charge < -0.3 is 15.5 Å². The molecule has 10 heteroatoms. The van der Waals surface area contributed by atoms with Gasteiger partial charge in [0.1, 0.15) is 5.82 Å². The molecule has 2 aromatic carbocycles. The Hall–Kier alpha value is -2.37. The molecule has 1 amide bonds. The van der Waals surface area contributed by atoms with Crippen molar-refractivity contribution in [2.75, 3.05) is 27.7 Å². The summed E-state index contributed by atoms with van der Waals surface area (Å²) >= 11 is 0. The Morgan fingerprint density at radius 2 is 1.81 bits per heavy atom. The lowest BCUT2D eigenvalue weighted by Gasteiger charge is -2.16. The van der Waals surface area contributed by atoms with E-state index in [1.54, 1.807) is 32.3 Å². The molecule has 31 heavy (non-hydrogen) atoms. The van der Waals surface area contributed by atoms with Gasteiger partial charge in [0.2, 0.25) is 0 Å². The van der Waals surface area contributed by atoms with Gasteiger partial charge in [0.05, 0.1) is 5.56 Å². The summed E-state index contributed by atoms with van der Waals surface area (Å²) in [6.07, 6.45) is -4.06. The third-order valence-electron chi connectivity index (χ3n) is 4.33. The maximum atomic E-state index is 13.2. The van der Waals surface area contributed by atoms with E-state index in [2.05, 4.69) is 15.6 Å². The lowest BCUT2D eigenvalue weighted by atomic mass is 10.1. The topological polar surface area (TPSA) is 56.7 Å². The largest absolute Gasteiger partial charge is 0.416 e. The molecule has 0 aliphatic carbocycles. The number of nitrogens with one attached hydrogen (secondary N) is 2. The van der Waals surface area contributed by atoms with Gasteiger partial charge in [0.25, 0.3) is 5.91 Å². The highest BCUT2D eigenvalue weighted by molar-refractivity contribution is 14.0. The van der Waals surface area contributed by atoms with Crippen molar-refractivity contribution in [3.8, 4) is 0 Å². The van der Waals surface area contributed by atoms with Crippen LogP contribution in [0.3, 0.4) is 0 Å². The molecule has 0 saturated carbocycles. The van der Waals surface area contributed by atoms with Crippen molar-refractivity contribution in [3.05, 3.63) is 70.5 Å². The first-order chi connectivity index (χ1) is 14.1. The molecule has 0 bridgehead atoms. The molecule has 0 aliphatic heterocycles. The number of nitrogens with zero attached hydrogens (tertiary/aromatic N) is 2. The van der Waals surface area contributed by atoms with Gasteiger partial charge in [-0.15, -0.1) is 24.0 Å². The number of carbonyl (C=O) groups excluding carboxylic acids is 1. The van der Waals surface area contributed by atoms with E-state index in [-0.39, 0.29) is 42.0 Å². The Balaban J connectivity index is 0.00000480. The number of aliphatic imine (C=N–C) groups is 1. The highest BCUT2D eigenvalue weighted by Gasteiger charge is 2.33. The van der Waals surface area contributed by atoms with Crippen LogP contribution in [0.5, 0.6) is 0 Å². The van der Waals surface area contributed by atoms with Gasteiger partial charge in [-0.1, -0.05) is 18.2 Å². The fourth-order valence-corrected chi connectivity index (χ4v) is 2.81. The quantitative estimate of drug-likeness (QED) is 0.246. The van der Waals surface area contributed by atoms with E-state index in [0.29, 0.717) is 30.6 Å². The van der Waals surface area contributed by atoms with Gasteiger partial charge in [0, 0.05) is 39.8 Å². The molecule has 2 aromatic rings. The van der Waals surface area contributed by atoms with Crippen LogP contribution < -0.4 is 10.6 Å². The van der Waals surface area contributed by atoms with Crippen LogP contribution in [0.1, 0.15) is 27.0 Å². The molecule has 0 saturated heterocycles. The van der Waals surface area contributed by atoms with Crippen LogP contribution in [0, 0.1) is 5.82 Å². The highest BCUT2D eigenvalue weighted by atomic mass is 127. The second-order valence-electron chi connectivity index (χ2n) is 6.80. The molecule has 0 unspecified atom stereocenters. The molecular weight excluding hydrogens is 527 g/mol. The van der Waals surface area contributed by atoms with E-state index in [4.69, 9.17) is 0 Å². The van der Waals surface area contributed by atoms with Crippen LogP contribution in [0.25, 0.3) is 0 Å². The maximum absolute atomic E-state index is 13.2. The van der Waals surface area contributed by atoms with Crippen LogP contribution in [-0.2, 0) is 19.1 Å². The van der Waals surface area contributed by atoms with E-state index in [1.807, 2.05) is 6.07 Å². The van der Waals surface area contributed by atoms with E-state index in [0.717, 1.165) is 17.7 Å². The van der Waals surface area contributed by atoms with Gasteiger partial charge in [-0.25, -0.2) is 4.39 Å². The Morgan fingerprint density at radius 3 is 2.42 bits per heavy atom. The molecule has 5 nitrogen and oxygen atoms in total. The highest BCUT2D eigenvalue weighted by Crippen LogP contribution is 2.32. The maximum Gasteiger partial charge on any atom is 0.416 e. The van der Waals surface area contributed by atoms with Gasteiger partial charge >= 0.3 is 6.18 Å². The molecule has 0 spiro atoms. The normalized spacial score (nSPS) is 11.5. The van der Waals surface area contributed by atoms with Gasteiger partial charge in [-0.2, -0.15) is 13.2 Å². The molecule has 0 aromatic heterocycles. The van der Waals surface area contributed by atoms with Crippen molar-refractivity contribution in [1.29, 1.82) is 0 Å². The summed E-state index contributed by atoms with van der Waals surface area (Å²) in [5.41, 5.74) is 0.411. The zero-order chi connectivity index (χ0) is 22.3.